The summed E-state index contributed by atoms with van der Waals surface area (Å²) in [6.45, 7) is 3.93. The minimum absolute atomic E-state index is 0.188. The molecule has 2 aromatic carbocycles. The van der Waals surface area contributed by atoms with E-state index in [0.717, 1.165) is 12.8 Å². The van der Waals surface area contributed by atoms with E-state index in [1.807, 2.05) is 31.2 Å². The van der Waals surface area contributed by atoms with Crippen molar-refractivity contribution in [3.63, 3.8) is 0 Å². The van der Waals surface area contributed by atoms with E-state index < -0.39 is 10.0 Å². The van der Waals surface area contributed by atoms with Crippen LogP contribution in [0.15, 0.2) is 53.4 Å². The number of sulfonamides is 1. The maximum atomic E-state index is 12.7. The highest BCUT2D eigenvalue weighted by Gasteiger charge is 2.27. The highest BCUT2D eigenvalue weighted by Crippen LogP contribution is 2.26. The normalized spacial score (nSPS) is 14.4. The summed E-state index contributed by atoms with van der Waals surface area (Å²) in [6, 6.07) is 13.8. The van der Waals surface area contributed by atoms with Crippen molar-refractivity contribution in [2.45, 2.75) is 37.5 Å². The quantitative estimate of drug-likeness (QED) is 0.579. The molecule has 0 radical (unpaired) electrons. The van der Waals surface area contributed by atoms with Crippen LogP contribution in [-0.4, -0.2) is 44.9 Å². The number of carbonyl (C=O) groups excluding carboxylic acids is 1. The fraction of sp³-hybridized carbons (Fsp3) is 0.409. The van der Waals surface area contributed by atoms with Crippen LogP contribution in [0.4, 0.5) is 5.69 Å². The molecule has 7 nitrogen and oxygen atoms in total. The lowest BCUT2D eigenvalue weighted by atomic mass is 10.2. The van der Waals surface area contributed by atoms with Gasteiger partial charge in [0.15, 0.2) is 11.5 Å². The van der Waals surface area contributed by atoms with Crippen molar-refractivity contribution in [2.24, 2.45) is 0 Å². The van der Waals surface area contributed by atoms with Gasteiger partial charge < -0.3 is 14.8 Å². The number of rotatable bonds is 10. The van der Waals surface area contributed by atoms with Crippen molar-refractivity contribution < 1.29 is 22.7 Å². The maximum absolute atomic E-state index is 12.7. The highest BCUT2D eigenvalue weighted by atomic mass is 32.2. The third kappa shape index (κ3) is 5.73. The molecule has 1 aliphatic heterocycles. The number of carbonyl (C=O) groups is 1. The summed E-state index contributed by atoms with van der Waals surface area (Å²) in [6.07, 6.45) is 2.55. The molecule has 162 valence electrons. The van der Waals surface area contributed by atoms with E-state index in [-0.39, 0.29) is 17.2 Å². The van der Waals surface area contributed by atoms with E-state index in [9.17, 15) is 13.2 Å². The summed E-state index contributed by atoms with van der Waals surface area (Å²) in [5.41, 5.74) is 0.475. The Kier molecular flexibility index (Phi) is 7.70. The van der Waals surface area contributed by atoms with E-state index in [4.69, 9.17) is 9.47 Å². The van der Waals surface area contributed by atoms with Crippen molar-refractivity contribution in [1.82, 2.24) is 4.31 Å². The minimum atomic E-state index is -3.51. The second-order valence-corrected chi connectivity index (χ2v) is 8.96. The Bertz CT molecular complexity index is 956. The molecule has 0 aromatic heterocycles. The number of para-hydroxylation sites is 2. The summed E-state index contributed by atoms with van der Waals surface area (Å²) >= 11 is 0. The molecule has 0 spiro atoms. The molecular formula is C22H28N2O5S. The van der Waals surface area contributed by atoms with E-state index in [2.05, 4.69) is 5.32 Å². The van der Waals surface area contributed by atoms with Crippen LogP contribution >= 0.6 is 0 Å². The number of nitrogens with zero attached hydrogens (tertiary/aromatic N) is 1. The number of hydrogen-bond donors (Lipinski definition) is 1. The van der Waals surface area contributed by atoms with Gasteiger partial charge in [0, 0.05) is 25.2 Å². The van der Waals surface area contributed by atoms with Gasteiger partial charge in [-0.2, -0.15) is 4.31 Å². The van der Waals surface area contributed by atoms with Gasteiger partial charge in [-0.05, 0) is 56.5 Å². The molecule has 2 aromatic rings. The number of nitrogens with one attached hydrogen (secondary N) is 1. The molecule has 1 amide bonds. The Morgan fingerprint density at radius 2 is 1.73 bits per heavy atom. The van der Waals surface area contributed by atoms with Crippen LogP contribution in [-0.2, 0) is 14.8 Å². The lowest BCUT2D eigenvalue weighted by Crippen LogP contribution is -2.27. The molecule has 30 heavy (non-hydrogen) atoms. The summed E-state index contributed by atoms with van der Waals surface area (Å²) in [7, 11) is -3.51. The van der Waals surface area contributed by atoms with Gasteiger partial charge in [0.1, 0.15) is 0 Å². The van der Waals surface area contributed by atoms with Crippen LogP contribution in [0.25, 0.3) is 0 Å². The van der Waals surface area contributed by atoms with Crippen molar-refractivity contribution >= 4 is 21.6 Å². The first-order valence-electron chi connectivity index (χ1n) is 10.3. The largest absolute Gasteiger partial charge is 0.490 e. The zero-order valence-electron chi connectivity index (χ0n) is 17.2. The van der Waals surface area contributed by atoms with Gasteiger partial charge in [-0.15, -0.1) is 0 Å². The molecule has 1 heterocycles. The van der Waals surface area contributed by atoms with E-state index >= 15 is 0 Å². The SMILES string of the molecule is CCOc1ccccc1OCCCC(=O)Nc1cccc(S(=O)(=O)N2CCCC2)c1. The molecule has 0 aliphatic carbocycles. The third-order valence-corrected chi connectivity index (χ3v) is 6.67. The summed E-state index contributed by atoms with van der Waals surface area (Å²) in [5.74, 6) is 1.15. The summed E-state index contributed by atoms with van der Waals surface area (Å²) < 4.78 is 38.1. The van der Waals surface area contributed by atoms with E-state index in [1.165, 1.54) is 10.4 Å². The smallest absolute Gasteiger partial charge is 0.243 e. The second-order valence-electron chi connectivity index (χ2n) is 7.02. The number of ether oxygens (including phenoxy) is 2. The van der Waals surface area contributed by atoms with Crippen LogP contribution in [0.2, 0.25) is 0 Å². The first-order chi connectivity index (χ1) is 14.5. The predicted octanol–water partition coefficient (Wildman–Crippen LogP) is 3.67. The molecule has 0 saturated carbocycles. The molecule has 3 rings (SSSR count). The Labute approximate surface area is 178 Å². The summed E-state index contributed by atoms with van der Waals surface area (Å²) in [4.78, 5) is 12.5. The van der Waals surface area contributed by atoms with Gasteiger partial charge in [0.05, 0.1) is 18.1 Å². The standard InChI is InChI=1S/C22H28N2O5S/c1-2-28-20-11-3-4-12-21(20)29-16-8-13-22(25)23-18-9-7-10-19(17-18)30(26,27)24-14-5-6-15-24/h3-4,7,9-12,17H,2,5-6,8,13-16H2,1H3,(H,23,25). The average Bonchev–Trinajstić information content (AvgIpc) is 3.29. The number of hydrogen-bond acceptors (Lipinski definition) is 5. The van der Waals surface area contributed by atoms with Crippen LogP contribution in [0.5, 0.6) is 11.5 Å². The van der Waals surface area contributed by atoms with Crippen molar-refractivity contribution in [2.75, 3.05) is 31.6 Å². The van der Waals surface area contributed by atoms with Crippen molar-refractivity contribution in [3.8, 4) is 11.5 Å². The molecule has 0 atom stereocenters. The van der Waals surface area contributed by atoms with Gasteiger partial charge in [0.2, 0.25) is 15.9 Å². The highest BCUT2D eigenvalue weighted by molar-refractivity contribution is 7.89. The van der Waals surface area contributed by atoms with Gasteiger partial charge in [-0.3, -0.25) is 4.79 Å². The molecular weight excluding hydrogens is 404 g/mol. The minimum Gasteiger partial charge on any atom is -0.490 e. The number of amides is 1. The van der Waals surface area contributed by atoms with E-state index in [1.54, 1.807) is 18.2 Å². The first kappa shape index (κ1) is 22.1. The monoisotopic (exact) mass is 432 g/mol. The maximum Gasteiger partial charge on any atom is 0.243 e. The van der Waals surface area contributed by atoms with Gasteiger partial charge >= 0.3 is 0 Å². The molecule has 1 saturated heterocycles. The second kappa shape index (κ2) is 10.4. The fourth-order valence-electron chi connectivity index (χ4n) is 3.29. The number of anilines is 1. The Morgan fingerprint density at radius 3 is 2.43 bits per heavy atom. The Hall–Kier alpha value is -2.58. The average molecular weight is 433 g/mol. The zero-order valence-corrected chi connectivity index (χ0v) is 18.0. The molecule has 1 N–H and O–H groups in total. The molecule has 8 heteroatoms. The van der Waals surface area contributed by atoms with E-state index in [0.29, 0.717) is 49.9 Å². The molecule has 1 aliphatic rings. The first-order valence-corrected chi connectivity index (χ1v) is 11.7. The Balaban J connectivity index is 1.50. The van der Waals surface area contributed by atoms with Crippen LogP contribution in [0.1, 0.15) is 32.6 Å². The third-order valence-electron chi connectivity index (χ3n) is 4.78. The summed E-state index contributed by atoms with van der Waals surface area (Å²) in [5, 5.41) is 2.77. The van der Waals surface area contributed by atoms with Crippen LogP contribution in [0.3, 0.4) is 0 Å². The van der Waals surface area contributed by atoms with Gasteiger partial charge in [-0.1, -0.05) is 18.2 Å². The van der Waals surface area contributed by atoms with Crippen LogP contribution < -0.4 is 14.8 Å². The molecule has 0 bridgehead atoms. The van der Waals surface area contributed by atoms with Gasteiger partial charge in [0.25, 0.3) is 0 Å². The lowest BCUT2D eigenvalue weighted by molar-refractivity contribution is -0.116. The van der Waals surface area contributed by atoms with Crippen molar-refractivity contribution in [1.29, 1.82) is 0 Å². The predicted molar refractivity (Wildman–Crippen MR) is 115 cm³/mol. The Morgan fingerprint density at radius 1 is 1.03 bits per heavy atom. The lowest BCUT2D eigenvalue weighted by Gasteiger charge is -2.16. The topological polar surface area (TPSA) is 84.9 Å². The zero-order chi connectivity index (χ0) is 21.4. The fourth-order valence-corrected chi connectivity index (χ4v) is 4.86. The van der Waals surface area contributed by atoms with Gasteiger partial charge in [-0.25, -0.2) is 8.42 Å². The molecule has 0 unspecified atom stereocenters. The van der Waals surface area contributed by atoms with Crippen LogP contribution in [0, 0.1) is 0 Å². The molecule has 1 fully saturated rings. The van der Waals surface area contributed by atoms with Crippen molar-refractivity contribution in [3.05, 3.63) is 48.5 Å². The number of benzene rings is 2.